The summed E-state index contributed by atoms with van der Waals surface area (Å²) >= 11 is 0. The van der Waals surface area contributed by atoms with Crippen LogP contribution >= 0.6 is 0 Å². The van der Waals surface area contributed by atoms with E-state index >= 15 is 0 Å². The highest BCUT2D eigenvalue weighted by atomic mass is 16.5. The van der Waals surface area contributed by atoms with Crippen LogP contribution in [0.4, 0.5) is 0 Å². The molecule has 0 aliphatic carbocycles. The lowest BCUT2D eigenvalue weighted by atomic mass is 9.96. The van der Waals surface area contributed by atoms with Gasteiger partial charge in [-0.05, 0) is 60.7 Å². The molecule has 3 rings (SSSR count). The van der Waals surface area contributed by atoms with Gasteiger partial charge in [0.1, 0.15) is 19.0 Å². The van der Waals surface area contributed by atoms with Gasteiger partial charge in [0.2, 0.25) is 0 Å². The second-order valence-electron chi connectivity index (χ2n) is 9.35. The van der Waals surface area contributed by atoms with Crippen molar-refractivity contribution in [3.63, 3.8) is 0 Å². The molecular formula is C33H32O6. The first-order valence-electron chi connectivity index (χ1n) is 12.4. The molecule has 0 N–H and O–H groups in total. The lowest BCUT2D eigenvalue weighted by Gasteiger charge is -2.18. The van der Waals surface area contributed by atoms with Crippen molar-refractivity contribution in [2.45, 2.75) is 26.7 Å². The molecule has 0 aliphatic rings. The molecular weight excluding hydrogens is 492 g/mol. The third-order valence-corrected chi connectivity index (χ3v) is 5.88. The Morgan fingerprint density at radius 3 is 1.26 bits per heavy atom. The van der Waals surface area contributed by atoms with Crippen molar-refractivity contribution in [1.29, 1.82) is 0 Å². The fourth-order valence-corrected chi connectivity index (χ4v) is 3.55. The first kappa shape index (κ1) is 28.9. The number of esters is 3. The summed E-state index contributed by atoms with van der Waals surface area (Å²) in [5, 5.41) is 0. The fraction of sp³-hybridized carbons (Fsp3) is 0.182. The minimum atomic E-state index is -0.495. The summed E-state index contributed by atoms with van der Waals surface area (Å²) in [7, 11) is 0. The summed E-state index contributed by atoms with van der Waals surface area (Å²) < 4.78 is 15.9. The molecule has 0 spiro atoms. The average Bonchev–Trinajstić information content (AvgIpc) is 2.93. The summed E-state index contributed by atoms with van der Waals surface area (Å²) in [6, 6.07) is 23.2. The van der Waals surface area contributed by atoms with Gasteiger partial charge in [-0.25, -0.2) is 14.4 Å². The number of carbonyl (C=O) groups excluding carboxylic acids is 3. The highest BCUT2D eigenvalue weighted by Gasteiger charge is 2.18. The highest BCUT2D eigenvalue weighted by molar-refractivity contribution is 5.89. The van der Waals surface area contributed by atoms with Gasteiger partial charge in [0.15, 0.2) is 0 Å². The van der Waals surface area contributed by atoms with E-state index in [0.717, 1.165) is 27.8 Å². The van der Waals surface area contributed by atoms with Crippen molar-refractivity contribution < 1.29 is 28.6 Å². The molecule has 0 amide bonds. The molecule has 0 heterocycles. The predicted molar refractivity (Wildman–Crippen MR) is 152 cm³/mol. The lowest BCUT2D eigenvalue weighted by Crippen LogP contribution is -2.20. The van der Waals surface area contributed by atoms with Crippen LogP contribution < -0.4 is 4.74 Å². The molecule has 200 valence electrons. The van der Waals surface area contributed by atoms with Crippen LogP contribution in [0.25, 0.3) is 22.3 Å². The second-order valence-corrected chi connectivity index (χ2v) is 9.35. The van der Waals surface area contributed by atoms with Crippen LogP contribution in [0.2, 0.25) is 0 Å². The zero-order valence-corrected chi connectivity index (χ0v) is 22.5. The van der Waals surface area contributed by atoms with Crippen LogP contribution in [0.3, 0.4) is 0 Å². The number of ether oxygens (including phenoxy) is 3. The van der Waals surface area contributed by atoms with Crippen molar-refractivity contribution in [3.05, 3.63) is 115 Å². The Hall–Kier alpha value is -4.71. The van der Waals surface area contributed by atoms with E-state index in [1.165, 1.54) is 0 Å². The molecule has 6 nitrogen and oxygen atoms in total. The van der Waals surface area contributed by atoms with Crippen LogP contribution in [-0.4, -0.2) is 31.1 Å². The molecule has 0 aliphatic heterocycles. The van der Waals surface area contributed by atoms with E-state index in [0.29, 0.717) is 22.5 Å². The van der Waals surface area contributed by atoms with E-state index < -0.39 is 17.9 Å². The van der Waals surface area contributed by atoms with Crippen molar-refractivity contribution >= 4 is 17.9 Å². The largest absolute Gasteiger partial charge is 0.462 e. The number of rotatable bonds is 11. The zero-order valence-electron chi connectivity index (χ0n) is 22.5. The standard InChI is InChI=1S/C33H32O6/c1-21(2)31(34)37-19-29(20-38-32(35)22(3)4)28-13-11-25(12-14-28)24-7-9-26(10-8-24)27-15-17-30(18-16-27)39-33(36)23(5)6/h7-18,29H,1,3,5,19-20H2,2,4,6H3. The molecule has 0 saturated heterocycles. The van der Waals surface area contributed by atoms with Crippen molar-refractivity contribution in [3.8, 4) is 28.0 Å². The van der Waals surface area contributed by atoms with E-state index in [4.69, 9.17) is 14.2 Å². The van der Waals surface area contributed by atoms with Crippen molar-refractivity contribution in [1.82, 2.24) is 0 Å². The van der Waals surface area contributed by atoms with Crippen molar-refractivity contribution in [2.75, 3.05) is 13.2 Å². The maximum atomic E-state index is 11.9. The SMILES string of the molecule is C=C(C)C(=O)OCC(COC(=O)C(=C)C)c1ccc(-c2ccc(-c3ccc(OC(=O)C(=C)C)cc3)cc2)cc1. The van der Waals surface area contributed by atoms with Crippen LogP contribution in [0.15, 0.2) is 109 Å². The lowest BCUT2D eigenvalue weighted by molar-refractivity contribution is -0.142. The van der Waals surface area contributed by atoms with Gasteiger partial charge in [0.05, 0.1) is 5.92 Å². The van der Waals surface area contributed by atoms with Crippen LogP contribution in [0.1, 0.15) is 32.3 Å². The number of hydrogen-bond acceptors (Lipinski definition) is 6. The summed E-state index contributed by atoms with van der Waals surface area (Å²) in [5.74, 6) is -1.32. The smallest absolute Gasteiger partial charge is 0.338 e. The molecule has 0 radical (unpaired) electrons. The minimum absolute atomic E-state index is 0.0500. The molecule has 0 atom stereocenters. The van der Waals surface area contributed by atoms with Gasteiger partial charge in [-0.15, -0.1) is 0 Å². The normalized spacial score (nSPS) is 10.5. The average molecular weight is 525 g/mol. The van der Waals surface area contributed by atoms with Gasteiger partial charge in [0, 0.05) is 16.7 Å². The Morgan fingerprint density at radius 1 is 0.564 bits per heavy atom. The Balaban J connectivity index is 1.72. The van der Waals surface area contributed by atoms with Gasteiger partial charge in [-0.3, -0.25) is 0 Å². The first-order chi connectivity index (χ1) is 18.5. The van der Waals surface area contributed by atoms with Gasteiger partial charge in [-0.2, -0.15) is 0 Å². The Kier molecular flexibility index (Phi) is 9.76. The number of hydrogen-bond donors (Lipinski definition) is 0. The monoisotopic (exact) mass is 524 g/mol. The van der Waals surface area contributed by atoms with Gasteiger partial charge in [-0.1, -0.05) is 80.4 Å². The van der Waals surface area contributed by atoms with Crippen LogP contribution in [-0.2, 0) is 23.9 Å². The fourth-order valence-electron chi connectivity index (χ4n) is 3.55. The maximum Gasteiger partial charge on any atom is 0.338 e. The first-order valence-corrected chi connectivity index (χ1v) is 12.4. The Bertz CT molecular complexity index is 1350. The number of benzene rings is 3. The summed E-state index contributed by atoms with van der Waals surface area (Å²) in [6.07, 6.45) is 0. The van der Waals surface area contributed by atoms with E-state index in [1.807, 2.05) is 60.7 Å². The molecule has 0 fully saturated rings. The van der Waals surface area contributed by atoms with Gasteiger partial charge >= 0.3 is 17.9 Å². The topological polar surface area (TPSA) is 78.9 Å². The third-order valence-electron chi connectivity index (χ3n) is 5.88. The quantitative estimate of drug-likeness (QED) is 0.156. The molecule has 3 aromatic rings. The summed E-state index contributed by atoms with van der Waals surface area (Å²) in [6.45, 7) is 15.7. The molecule has 0 unspecified atom stereocenters. The van der Waals surface area contributed by atoms with Crippen molar-refractivity contribution in [2.24, 2.45) is 0 Å². The Morgan fingerprint density at radius 2 is 0.897 bits per heavy atom. The van der Waals surface area contributed by atoms with Crippen LogP contribution in [0, 0.1) is 0 Å². The van der Waals surface area contributed by atoms with E-state index in [-0.39, 0.29) is 19.1 Å². The minimum Gasteiger partial charge on any atom is -0.462 e. The molecule has 39 heavy (non-hydrogen) atoms. The van der Waals surface area contributed by atoms with E-state index in [2.05, 4.69) is 19.7 Å². The third kappa shape index (κ3) is 8.14. The highest BCUT2D eigenvalue weighted by Crippen LogP contribution is 2.28. The van der Waals surface area contributed by atoms with Gasteiger partial charge in [0.25, 0.3) is 0 Å². The van der Waals surface area contributed by atoms with Gasteiger partial charge < -0.3 is 14.2 Å². The second kappa shape index (κ2) is 13.2. The summed E-state index contributed by atoms with van der Waals surface area (Å²) in [4.78, 5) is 35.5. The Labute approximate surface area is 229 Å². The predicted octanol–water partition coefficient (Wildman–Crippen LogP) is 6.82. The zero-order chi connectivity index (χ0) is 28.5. The van der Waals surface area contributed by atoms with E-state index in [1.54, 1.807) is 32.9 Å². The van der Waals surface area contributed by atoms with Crippen LogP contribution in [0.5, 0.6) is 5.75 Å². The molecule has 6 heteroatoms. The van der Waals surface area contributed by atoms with E-state index in [9.17, 15) is 14.4 Å². The maximum absolute atomic E-state index is 11.9. The number of carbonyl (C=O) groups is 3. The molecule has 0 bridgehead atoms. The molecule has 0 aromatic heterocycles. The summed E-state index contributed by atoms with van der Waals surface area (Å²) in [5.41, 5.74) is 5.85. The molecule has 0 saturated carbocycles. The molecule has 3 aromatic carbocycles.